The monoisotopic (exact) mass is 373 g/mol. The van der Waals surface area contributed by atoms with Gasteiger partial charge in [0.1, 0.15) is 12.7 Å². The van der Waals surface area contributed by atoms with Gasteiger partial charge < -0.3 is 14.6 Å². The molecule has 2 fully saturated rings. The van der Waals surface area contributed by atoms with Gasteiger partial charge in [0.2, 0.25) is 11.8 Å². The predicted molar refractivity (Wildman–Crippen MR) is 101 cm³/mol. The third-order valence-corrected chi connectivity index (χ3v) is 5.37. The van der Waals surface area contributed by atoms with Gasteiger partial charge in [-0.25, -0.2) is 0 Å². The van der Waals surface area contributed by atoms with Crippen LogP contribution in [-0.4, -0.2) is 48.2 Å². The molecule has 3 unspecified atom stereocenters. The number of amides is 2. The molecule has 1 aromatic carbocycles. The van der Waals surface area contributed by atoms with Gasteiger partial charge in [0, 0.05) is 0 Å². The number of allylic oxidation sites excluding steroid dienone is 1. The summed E-state index contributed by atoms with van der Waals surface area (Å²) in [6, 6.07) is 5.55. The number of hydrogen-bond donors (Lipinski definition) is 1. The Kier molecular flexibility index (Phi) is 6.16. The maximum absolute atomic E-state index is 12.5. The average Bonchev–Trinajstić information content (AvgIpc) is 2.92. The third-order valence-electron chi connectivity index (χ3n) is 5.37. The lowest BCUT2D eigenvalue weighted by Gasteiger charge is -2.20. The van der Waals surface area contributed by atoms with Crippen molar-refractivity contribution in [3.63, 3.8) is 0 Å². The van der Waals surface area contributed by atoms with Crippen LogP contribution in [0.1, 0.15) is 31.2 Å². The van der Waals surface area contributed by atoms with Crippen LogP contribution in [0.25, 0.3) is 0 Å². The fraction of sp³-hybridized carbons (Fsp3) is 0.524. The molecule has 6 heteroatoms. The van der Waals surface area contributed by atoms with Crippen molar-refractivity contribution in [2.75, 3.05) is 20.3 Å². The summed E-state index contributed by atoms with van der Waals surface area (Å²) in [5.41, 5.74) is 1.05. The lowest BCUT2D eigenvalue weighted by atomic mass is 9.81. The number of likely N-dealkylation sites (tertiary alicyclic amines) is 1. The minimum absolute atomic E-state index is 0.0242. The number of nitrogens with zero attached hydrogens (tertiary/aromatic N) is 1. The fourth-order valence-corrected chi connectivity index (χ4v) is 3.99. The Morgan fingerprint density at radius 2 is 1.89 bits per heavy atom. The fourth-order valence-electron chi connectivity index (χ4n) is 3.99. The normalized spacial score (nSPS) is 23.1. The van der Waals surface area contributed by atoms with Crippen molar-refractivity contribution < 1.29 is 24.2 Å². The van der Waals surface area contributed by atoms with Crippen LogP contribution >= 0.6 is 0 Å². The van der Waals surface area contributed by atoms with Crippen molar-refractivity contribution in [2.45, 2.75) is 38.2 Å². The van der Waals surface area contributed by atoms with Crippen LogP contribution in [0.2, 0.25) is 0 Å². The van der Waals surface area contributed by atoms with Crippen LogP contribution in [0, 0.1) is 11.8 Å². The van der Waals surface area contributed by atoms with E-state index in [1.165, 1.54) is 4.90 Å². The van der Waals surface area contributed by atoms with Gasteiger partial charge in [-0.3, -0.25) is 14.5 Å². The summed E-state index contributed by atoms with van der Waals surface area (Å²) in [4.78, 5) is 26.2. The van der Waals surface area contributed by atoms with E-state index in [4.69, 9.17) is 9.47 Å². The number of hydrogen-bond acceptors (Lipinski definition) is 5. The summed E-state index contributed by atoms with van der Waals surface area (Å²) in [5, 5.41) is 10.3. The SMILES string of the molecule is C=CCc1ccc(OCC(O)CN2C(=O)C3CCCCC3C2=O)c(OC)c1. The molecule has 3 rings (SSSR count). The van der Waals surface area contributed by atoms with E-state index in [0.29, 0.717) is 11.5 Å². The number of methoxy groups -OCH3 is 1. The number of ether oxygens (including phenoxy) is 2. The molecule has 1 aliphatic carbocycles. The zero-order valence-electron chi connectivity index (χ0n) is 15.7. The molecular formula is C21H27NO5. The van der Waals surface area contributed by atoms with Crippen molar-refractivity contribution in [3.8, 4) is 11.5 Å². The van der Waals surface area contributed by atoms with E-state index in [0.717, 1.165) is 37.7 Å². The second-order valence-corrected chi connectivity index (χ2v) is 7.23. The maximum Gasteiger partial charge on any atom is 0.233 e. The van der Waals surface area contributed by atoms with Crippen LogP contribution in [-0.2, 0) is 16.0 Å². The van der Waals surface area contributed by atoms with E-state index in [1.807, 2.05) is 12.1 Å². The molecule has 6 nitrogen and oxygen atoms in total. The Hall–Kier alpha value is -2.34. The Labute approximate surface area is 159 Å². The van der Waals surface area contributed by atoms with Gasteiger partial charge in [0.15, 0.2) is 11.5 Å². The molecule has 1 saturated carbocycles. The molecule has 1 heterocycles. The summed E-state index contributed by atoms with van der Waals surface area (Å²) >= 11 is 0. The van der Waals surface area contributed by atoms with Crippen LogP contribution in [0.15, 0.2) is 30.9 Å². The average molecular weight is 373 g/mol. The van der Waals surface area contributed by atoms with E-state index in [1.54, 1.807) is 19.3 Å². The van der Waals surface area contributed by atoms with Crippen LogP contribution in [0.3, 0.4) is 0 Å². The predicted octanol–water partition coefficient (Wildman–Crippen LogP) is 2.34. The summed E-state index contributed by atoms with van der Waals surface area (Å²) in [6.45, 7) is 3.67. The highest BCUT2D eigenvalue weighted by Crippen LogP contribution is 2.38. The maximum atomic E-state index is 12.5. The van der Waals surface area contributed by atoms with Crippen molar-refractivity contribution in [3.05, 3.63) is 36.4 Å². The topological polar surface area (TPSA) is 76.1 Å². The van der Waals surface area contributed by atoms with Crippen molar-refractivity contribution in [1.82, 2.24) is 4.90 Å². The number of carbonyl (C=O) groups is 2. The van der Waals surface area contributed by atoms with Gasteiger partial charge in [-0.15, -0.1) is 6.58 Å². The number of imide groups is 1. The largest absolute Gasteiger partial charge is 0.493 e. The van der Waals surface area contributed by atoms with Crippen LogP contribution in [0.5, 0.6) is 11.5 Å². The zero-order valence-corrected chi connectivity index (χ0v) is 15.7. The van der Waals surface area contributed by atoms with E-state index >= 15 is 0 Å². The van der Waals surface area contributed by atoms with Crippen molar-refractivity contribution >= 4 is 11.8 Å². The van der Waals surface area contributed by atoms with E-state index < -0.39 is 6.10 Å². The zero-order chi connectivity index (χ0) is 19.4. The number of benzene rings is 1. The van der Waals surface area contributed by atoms with Crippen LogP contribution in [0.4, 0.5) is 0 Å². The number of fused-ring (bicyclic) bond motifs is 1. The van der Waals surface area contributed by atoms with E-state index in [-0.39, 0.29) is 36.8 Å². The Morgan fingerprint density at radius 3 is 2.48 bits per heavy atom. The van der Waals surface area contributed by atoms with Gasteiger partial charge in [-0.05, 0) is 37.0 Å². The third kappa shape index (κ3) is 4.16. The molecule has 3 atom stereocenters. The smallest absolute Gasteiger partial charge is 0.233 e. The minimum atomic E-state index is -0.949. The Bertz CT molecular complexity index is 693. The quantitative estimate of drug-likeness (QED) is 0.559. The lowest BCUT2D eigenvalue weighted by molar-refractivity contribution is -0.141. The first-order chi connectivity index (χ1) is 13.0. The second-order valence-electron chi connectivity index (χ2n) is 7.23. The number of aliphatic hydroxyl groups is 1. The first kappa shape index (κ1) is 19.4. The van der Waals surface area contributed by atoms with Gasteiger partial charge >= 0.3 is 0 Å². The summed E-state index contributed by atoms with van der Waals surface area (Å²) in [5.74, 6) is 0.400. The van der Waals surface area contributed by atoms with E-state index in [9.17, 15) is 14.7 Å². The van der Waals surface area contributed by atoms with Gasteiger partial charge in [-0.2, -0.15) is 0 Å². The molecule has 0 bridgehead atoms. The van der Waals surface area contributed by atoms with Gasteiger partial charge in [0.05, 0.1) is 25.5 Å². The molecule has 2 aliphatic rings. The minimum Gasteiger partial charge on any atom is -0.493 e. The molecule has 0 radical (unpaired) electrons. The molecule has 146 valence electrons. The summed E-state index contributed by atoms with van der Waals surface area (Å²) in [6.07, 6.45) is 5.10. The van der Waals surface area contributed by atoms with Crippen molar-refractivity contribution in [2.24, 2.45) is 11.8 Å². The highest BCUT2D eigenvalue weighted by Gasteiger charge is 2.48. The molecule has 2 amide bonds. The molecule has 1 N–H and O–H groups in total. The molecule has 27 heavy (non-hydrogen) atoms. The second kappa shape index (κ2) is 8.57. The molecular weight excluding hydrogens is 346 g/mol. The highest BCUT2D eigenvalue weighted by molar-refractivity contribution is 6.05. The Morgan fingerprint density at radius 1 is 1.22 bits per heavy atom. The number of aliphatic hydroxyl groups excluding tert-OH is 1. The molecule has 0 aromatic heterocycles. The molecule has 1 aromatic rings. The standard InChI is InChI=1S/C21H27NO5/c1-3-6-14-9-10-18(19(11-14)26-2)27-13-15(23)12-22-20(24)16-7-4-5-8-17(16)21(22)25/h3,9-11,15-17,23H,1,4-8,12-13H2,2H3. The lowest BCUT2D eigenvalue weighted by Crippen LogP contribution is -2.40. The number of carbonyl (C=O) groups excluding carboxylic acids is 2. The first-order valence-electron chi connectivity index (χ1n) is 9.49. The summed E-state index contributed by atoms with van der Waals surface area (Å²) < 4.78 is 11.0. The van der Waals surface area contributed by atoms with E-state index in [2.05, 4.69) is 6.58 Å². The van der Waals surface area contributed by atoms with Crippen LogP contribution < -0.4 is 9.47 Å². The number of rotatable bonds is 8. The van der Waals surface area contributed by atoms with Gasteiger partial charge in [0.25, 0.3) is 0 Å². The molecule has 0 spiro atoms. The highest BCUT2D eigenvalue weighted by atomic mass is 16.5. The van der Waals surface area contributed by atoms with Gasteiger partial charge in [-0.1, -0.05) is 25.0 Å². The molecule has 1 saturated heterocycles. The molecule has 1 aliphatic heterocycles. The first-order valence-corrected chi connectivity index (χ1v) is 9.49. The Balaban J connectivity index is 1.58. The summed E-state index contributed by atoms with van der Waals surface area (Å²) in [7, 11) is 1.56. The van der Waals surface area contributed by atoms with Crippen molar-refractivity contribution in [1.29, 1.82) is 0 Å². The number of β-amino-alcohol motifs (C(OH)–C–C–N with tert-alkyl or cyclic N) is 1.